The zero-order valence-electron chi connectivity index (χ0n) is 56.7. The average molecular weight is 1450 g/mol. The number of carboxylic acid groups (broad SMARTS) is 2. The Bertz CT molecular complexity index is 3580. The molecular formula is C64H88N16O23. The number of aliphatic hydroxyl groups is 2. The average Bonchev–Trinajstić information content (AvgIpc) is 1.66. The largest absolute Gasteiger partial charge is 0.507 e. The van der Waals surface area contributed by atoms with Gasteiger partial charge in [0, 0.05) is 113 Å². The highest BCUT2D eigenvalue weighted by Crippen LogP contribution is 2.44. The van der Waals surface area contributed by atoms with Gasteiger partial charge in [0.1, 0.15) is 49.2 Å². The van der Waals surface area contributed by atoms with Gasteiger partial charge in [-0.2, -0.15) is 5.10 Å². The van der Waals surface area contributed by atoms with Gasteiger partial charge in [-0.3, -0.25) is 81.5 Å². The van der Waals surface area contributed by atoms with E-state index in [1.54, 1.807) is 28.9 Å². The zero-order valence-corrected chi connectivity index (χ0v) is 56.7. The van der Waals surface area contributed by atoms with E-state index in [-0.39, 0.29) is 135 Å². The van der Waals surface area contributed by atoms with Gasteiger partial charge in [0.15, 0.2) is 5.78 Å². The van der Waals surface area contributed by atoms with Gasteiger partial charge in [0.05, 0.1) is 69.3 Å². The molecule has 0 unspecified atom stereocenters. The molecule has 0 bridgehead atoms. The van der Waals surface area contributed by atoms with Crippen LogP contribution in [0.1, 0.15) is 80.6 Å². The fourth-order valence-electron chi connectivity index (χ4n) is 10.3. The number of ether oxygens (including phenoxy) is 2. The minimum absolute atomic E-state index is 0.00674. The maximum Gasteiger partial charge on any atom is 0.326 e. The van der Waals surface area contributed by atoms with Crippen molar-refractivity contribution in [2.45, 2.75) is 89.4 Å². The van der Waals surface area contributed by atoms with Gasteiger partial charge in [0.25, 0.3) is 11.8 Å². The maximum atomic E-state index is 14.0. The molecule has 1 aliphatic carbocycles. The van der Waals surface area contributed by atoms with E-state index in [0.717, 1.165) is 17.1 Å². The first-order valence-corrected chi connectivity index (χ1v) is 33.1. The summed E-state index contributed by atoms with van der Waals surface area (Å²) in [5.41, 5.74) is 2.26. The highest BCUT2D eigenvalue weighted by atomic mass is 16.5. The number of anilines is 1. The molecule has 562 valence electrons. The fourth-order valence-corrected chi connectivity index (χ4v) is 10.3. The lowest BCUT2D eigenvalue weighted by molar-refractivity contribution is -0.145. The number of amides is 13. The van der Waals surface area contributed by atoms with Crippen LogP contribution in [0.2, 0.25) is 0 Å². The first-order chi connectivity index (χ1) is 49.3. The topological polar surface area (TPSA) is 561 Å². The van der Waals surface area contributed by atoms with Crippen molar-refractivity contribution in [2.24, 2.45) is 0 Å². The van der Waals surface area contributed by atoms with Crippen LogP contribution in [0, 0.1) is 0 Å². The van der Waals surface area contributed by atoms with Gasteiger partial charge in [-0.15, -0.1) is 0 Å². The standard InChI is InChI=1S/C64H88N16O23/c1-38(62(98)73-35-55(94)78(27-29-82)25-26-80-43-12-10-40(66-20-19-65-21-28-81)58-59(43)60(77-80)39-6-4-8-44(83)57(39)61(58)97)74-50(89)34-71-49(88)33-72-63(99)41(75-47(86)16-18-68-45(84)9-5-24-79-53(92)14-15-54(79)93)7-2-3-17-67-51(90)36-103-31-23-70-52(91)37-102-30-22-69-46(85)13-11-42(64(100)101)76-48(87)32-56(95)96/h4,6,8,10,12,14-15,38,41-42,65-66,81-83H,2-3,5,7,9,11,13,16-37H2,1H3,(H,67,90)(H,68,84)(H,69,85)(H,70,91)(H,71,88)(H,72,99)(H,73,98)(H,74,89)(H,75,86)(H,76,87)(H,95,96)(H,100,101)/t38-,41-,42-/m0/s1. The molecule has 0 radical (unpaired) electrons. The molecule has 0 saturated carbocycles. The van der Waals surface area contributed by atoms with Crippen LogP contribution in [0.3, 0.4) is 0 Å². The van der Waals surface area contributed by atoms with Crippen LogP contribution in [0.15, 0.2) is 42.5 Å². The lowest BCUT2D eigenvalue weighted by Gasteiger charge is -2.23. The molecule has 39 nitrogen and oxygen atoms in total. The number of carbonyl (C=O) groups excluding carboxylic acids is 14. The van der Waals surface area contributed by atoms with Crippen LogP contribution in [0.5, 0.6) is 5.75 Å². The van der Waals surface area contributed by atoms with Crippen LogP contribution in [-0.2, 0) is 87.9 Å². The van der Waals surface area contributed by atoms with Crippen LogP contribution < -0.4 is 63.8 Å². The molecule has 0 saturated heterocycles. The maximum absolute atomic E-state index is 14.0. The molecule has 0 fully saturated rings. The Kier molecular flexibility index (Phi) is 35.0. The summed E-state index contributed by atoms with van der Waals surface area (Å²) >= 11 is 0. The summed E-state index contributed by atoms with van der Waals surface area (Å²) in [6.07, 6.45) is 0.985. The molecule has 39 heteroatoms. The number of imide groups is 1. The monoisotopic (exact) mass is 1450 g/mol. The van der Waals surface area contributed by atoms with Crippen molar-refractivity contribution in [3.63, 3.8) is 0 Å². The number of fused-ring (bicyclic) bond motifs is 2. The predicted molar refractivity (Wildman–Crippen MR) is 359 cm³/mol. The van der Waals surface area contributed by atoms with Gasteiger partial charge < -0.3 is 104 Å². The number of rotatable bonds is 50. The number of unbranched alkanes of at least 4 members (excludes halogenated alkanes) is 1. The molecule has 13 amide bonds. The second-order valence-corrected chi connectivity index (χ2v) is 23.2. The molecule has 1 aromatic heterocycles. The van der Waals surface area contributed by atoms with E-state index < -0.39 is 159 Å². The SMILES string of the molecule is C[C@H](NC(=O)CNC(=O)CNC(=O)[C@H](CCCCNC(=O)COCCNC(=O)COCCNC(=O)CC[C@H](NC(=O)CC(=O)O)C(=O)O)NC(=O)CCNC(=O)CCCN1C(=O)C=CC1=O)C(=O)NCC(=O)N(CCO)CCn1nc2c3c(c(NCCNCCO)ccc31)C(=O)c1c(O)cccc1-2. The Labute approximate surface area is 589 Å². The van der Waals surface area contributed by atoms with Crippen molar-refractivity contribution in [3.8, 4) is 17.0 Å². The van der Waals surface area contributed by atoms with E-state index >= 15 is 0 Å². The molecule has 1 aliphatic heterocycles. The van der Waals surface area contributed by atoms with Crippen molar-refractivity contribution in [2.75, 3.05) is 130 Å². The molecule has 2 aromatic carbocycles. The molecule has 5 rings (SSSR count). The van der Waals surface area contributed by atoms with E-state index in [0.29, 0.717) is 53.0 Å². The van der Waals surface area contributed by atoms with Crippen LogP contribution in [0.4, 0.5) is 5.69 Å². The summed E-state index contributed by atoms with van der Waals surface area (Å²) in [6.45, 7) is -0.910. The highest BCUT2D eigenvalue weighted by molar-refractivity contribution is 6.28. The second kappa shape index (κ2) is 43.6. The number of nitrogens with one attached hydrogen (secondary N) is 12. The summed E-state index contributed by atoms with van der Waals surface area (Å²) in [6, 6.07) is 4.19. The summed E-state index contributed by atoms with van der Waals surface area (Å²) < 4.78 is 12.1. The van der Waals surface area contributed by atoms with Gasteiger partial charge in [0.2, 0.25) is 65.0 Å². The smallest absolute Gasteiger partial charge is 0.326 e. The van der Waals surface area contributed by atoms with Crippen molar-refractivity contribution in [1.82, 2.24) is 78.1 Å². The fraction of sp³-hybridized carbons (Fsp3) is 0.516. The quantitative estimate of drug-likeness (QED) is 0.0111. The van der Waals surface area contributed by atoms with Crippen molar-refractivity contribution in [3.05, 3.63) is 53.6 Å². The Hall–Kier alpha value is -11.0. The first-order valence-electron chi connectivity index (χ1n) is 33.1. The van der Waals surface area contributed by atoms with Gasteiger partial charge in [-0.25, -0.2) is 4.79 Å². The van der Waals surface area contributed by atoms with E-state index in [4.69, 9.17) is 24.8 Å². The zero-order chi connectivity index (χ0) is 75.4. The van der Waals surface area contributed by atoms with E-state index in [1.807, 2.05) is 5.32 Å². The number of nitrogens with zero attached hydrogens (tertiary/aromatic N) is 4. The third-order valence-electron chi connectivity index (χ3n) is 15.4. The minimum atomic E-state index is -1.48. The van der Waals surface area contributed by atoms with Crippen molar-refractivity contribution >= 4 is 111 Å². The molecule has 17 N–H and O–H groups in total. The Morgan fingerprint density at radius 3 is 1.89 bits per heavy atom. The molecule has 3 aromatic rings. The highest BCUT2D eigenvalue weighted by Gasteiger charge is 2.34. The summed E-state index contributed by atoms with van der Waals surface area (Å²) in [5, 5.41) is 83.6. The third kappa shape index (κ3) is 28.1. The lowest BCUT2D eigenvalue weighted by atomic mass is 9.86. The minimum Gasteiger partial charge on any atom is -0.507 e. The van der Waals surface area contributed by atoms with Gasteiger partial charge in [-0.1, -0.05) is 12.1 Å². The van der Waals surface area contributed by atoms with Crippen molar-refractivity contribution in [1.29, 1.82) is 0 Å². The van der Waals surface area contributed by atoms with Crippen molar-refractivity contribution < 1.29 is 112 Å². The van der Waals surface area contributed by atoms with E-state index in [2.05, 4.69) is 58.5 Å². The van der Waals surface area contributed by atoms with E-state index in [9.17, 15) is 92.0 Å². The molecule has 2 aliphatic rings. The van der Waals surface area contributed by atoms with Crippen LogP contribution in [-0.4, -0.2) is 282 Å². The van der Waals surface area contributed by atoms with Crippen LogP contribution in [0.25, 0.3) is 22.2 Å². The Morgan fingerprint density at radius 2 is 1.21 bits per heavy atom. The number of aromatic nitrogens is 2. The molecule has 0 spiro atoms. The summed E-state index contributed by atoms with van der Waals surface area (Å²) in [7, 11) is 0. The number of ketones is 1. The van der Waals surface area contributed by atoms with Gasteiger partial charge in [-0.05, 0) is 57.2 Å². The summed E-state index contributed by atoms with van der Waals surface area (Å²) in [5.74, 6) is -12.2. The van der Waals surface area contributed by atoms with Crippen LogP contribution >= 0.6 is 0 Å². The number of phenolic OH excluding ortho intramolecular Hbond substituents is 1. The number of hydrogen-bond donors (Lipinski definition) is 17. The number of aliphatic carboxylic acids is 2. The number of carboxylic acids is 2. The number of hydrogen-bond acceptors (Lipinski definition) is 24. The molecule has 103 heavy (non-hydrogen) atoms. The lowest BCUT2D eigenvalue weighted by Crippen LogP contribution is -2.51. The molecule has 3 atom stereocenters. The van der Waals surface area contributed by atoms with E-state index in [1.165, 1.54) is 17.9 Å². The summed E-state index contributed by atoms with van der Waals surface area (Å²) in [4.78, 5) is 202. The Morgan fingerprint density at radius 1 is 0.563 bits per heavy atom. The number of carbonyl (C=O) groups is 16. The van der Waals surface area contributed by atoms with Gasteiger partial charge >= 0.3 is 11.9 Å². The number of phenols is 1. The molecular weight excluding hydrogens is 1360 g/mol. The third-order valence-corrected chi connectivity index (χ3v) is 15.4. The Balaban J connectivity index is 1.01. The number of aromatic hydroxyl groups is 1. The molecule has 2 heterocycles. The second-order valence-electron chi connectivity index (χ2n) is 23.2. The number of aliphatic hydroxyl groups excluding tert-OH is 2. The first kappa shape index (κ1) is 82.6. The predicted octanol–water partition coefficient (Wildman–Crippen LogP) is -6.31. The number of benzene rings is 2. The normalized spacial score (nSPS) is 12.8.